The molecule has 8 nitrogen and oxygen atoms in total. The molecule has 1 aliphatic rings. The van der Waals surface area contributed by atoms with E-state index in [2.05, 4.69) is 4.99 Å². The smallest absolute Gasteiger partial charge is 0.337 e. The molecule has 1 heterocycles. The molecule has 9 heteroatoms. The second-order valence-corrected chi connectivity index (χ2v) is 4.17. The molecule has 2 amide bonds. The van der Waals surface area contributed by atoms with Gasteiger partial charge in [0.2, 0.25) is 11.8 Å². The lowest BCUT2D eigenvalue weighted by molar-refractivity contribution is -0.121. The number of carboxylic acid groups (broad SMARTS) is 1. The summed E-state index contributed by atoms with van der Waals surface area (Å²) in [5.74, 6) is -2.35. The number of carbonyl (C=O) groups excluding carboxylic acids is 2. The summed E-state index contributed by atoms with van der Waals surface area (Å²) in [6.45, 7) is 0. The molecule has 1 saturated heterocycles. The third-order valence-electron chi connectivity index (χ3n) is 2.76. The van der Waals surface area contributed by atoms with Crippen molar-refractivity contribution < 1.29 is 19.5 Å². The fourth-order valence-electron chi connectivity index (χ4n) is 1.95. The van der Waals surface area contributed by atoms with E-state index in [4.69, 9.17) is 16.6 Å². The molecule has 1 aromatic rings. The van der Waals surface area contributed by atoms with Crippen LogP contribution < -0.4 is 16.4 Å². The molecule has 2 rings (SSSR count). The number of benzene rings is 1. The van der Waals surface area contributed by atoms with Gasteiger partial charge in [0.15, 0.2) is 5.96 Å². The normalized spacial score (nSPS) is 13.8. The Balaban J connectivity index is 0.00000220. The molecule has 0 atom stereocenters. The number of nitrogens with zero attached hydrogens (tertiary/aromatic N) is 2. The second kappa shape index (κ2) is 6.23. The van der Waals surface area contributed by atoms with Gasteiger partial charge < -0.3 is 16.6 Å². The number of hydrogen-bond acceptors (Lipinski definition) is 4. The quantitative estimate of drug-likeness (QED) is 0.418. The predicted octanol–water partition coefficient (Wildman–Crippen LogP) is 0.365. The Morgan fingerprint density at radius 1 is 1.19 bits per heavy atom. The van der Waals surface area contributed by atoms with Crippen LogP contribution in [0.3, 0.4) is 0 Å². The largest absolute Gasteiger partial charge is 0.478 e. The SMILES string of the molecule is Cl.NC(N)=Nc1ccc(C(=O)O)c(N2C(=O)CCC2=O)c1. The van der Waals surface area contributed by atoms with Crippen molar-refractivity contribution in [3.8, 4) is 0 Å². The lowest BCUT2D eigenvalue weighted by atomic mass is 10.1. The van der Waals surface area contributed by atoms with E-state index in [1.165, 1.54) is 18.2 Å². The van der Waals surface area contributed by atoms with E-state index in [0.717, 1.165) is 4.90 Å². The summed E-state index contributed by atoms with van der Waals surface area (Å²) in [5.41, 5.74) is 10.6. The molecule has 21 heavy (non-hydrogen) atoms. The first-order valence-electron chi connectivity index (χ1n) is 5.73. The maximum absolute atomic E-state index is 11.7. The zero-order chi connectivity index (χ0) is 14.9. The summed E-state index contributed by atoms with van der Waals surface area (Å²) in [4.78, 5) is 39.3. The molecule has 112 valence electrons. The first kappa shape index (κ1) is 16.4. The Bertz CT molecular complexity index is 624. The van der Waals surface area contributed by atoms with Gasteiger partial charge in [-0.15, -0.1) is 12.4 Å². The number of anilines is 1. The third kappa shape index (κ3) is 3.29. The number of hydrogen-bond donors (Lipinski definition) is 3. The standard InChI is InChI=1S/C12H12N4O4.ClH/c13-12(14)15-6-1-2-7(11(19)20)8(5-6)16-9(17)3-4-10(16)18;/h1-2,5H,3-4H2,(H,19,20)(H4,13,14,15);1H. The van der Waals surface area contributed by atoms with Crippen LogP contribution in [0.25, 0.3) is 0 Å². The molecule has 0 saturated carbocycles. The van der Waals surface area contributed by atoms with Gasteiger partial charge in [-0.05, 0) is 18.2 Å². The van der Waals surface area contributed by atoms with Gasteiger partial charge in [-0.1, -0.05) is 0 Å². The summed E-state index contributed by atoms with van der Waals surface area (Å²) in [6, 6.07) is 3.93. The number of guanidine groups is 1. The fourth-order valence-corrected chi connectivity index (χ4v) is 1.95. The molecule has 0 spiro atoms. The Morgan fingerprint density at radius 2 is 1.76 bits per heavy atom. The van der Waals surface area contributed by atoms with E-state index in [1.807, 2.05) is 0 Å². The summed E-state index contributed by atoms with van der Waals surface area (Å²) in [7, 11) is 0. The summed E-state index contributed by atoms with van der Waals surface area (Å²) in [6.07, 6.45) is 0.120. The van der Waals surface area contributed by atoms with Gasteiger partial charge in [0.05, 0.1) is 16.9 Å². The number of aromatic carboxylic acids is 1. The molecular weight excluding hydrogens is 300 g/mol. The van der Waals surface area contributed by atoms with Gasteiger partial charge in [0, 0.05) is 12.8 Å². The van der Waals surface area contributed by atoms with Crippen molar-refractivity contribution in [1.29, 1.82) is 0 Å². The highest BCUT2D eigenvalue weighted by molar-refractivity contribution is 6.22. The van der Waals surface area contributed by atoms with E-state index in [1.54, 1.807) is 0 Å². The Hall–Kier alpha value is -2.61. The van der Waals surface area contributed by atoms with Crippen molar-refractivity contribution in [1.82, 2.24) is 0 Å². The van der Waals surface area contributed by atoms with Crippen LogP contribution in [0.5, 0.6) is 0 Å². The van der Waals surface area contributed by atoms with Crippen LogP contribution >= 0.6 is 12.4 Å². The van der Waals surface area contributed by atoms with Gasteiger partial charge in [0.1, 0.15) is 0 Å². The van der Waals surface area contributed by atoms with Crippen LogP contribution in [0.4, 0.5) is 11.4 Å². The van der Waals surface area contributed by atoms with E-state index in [0.29, 0.717) is 0 Å². The first-order valence-corrected chi connectivity index (χ1v) is 5.73. The molecule has 0 aromatic heterocycles. The van der Waals surface area contributed by atoms with Crippen LogP contribution in [0, 0.1) is 0 Å². The highest BCUT2D eigenvalue weighted by Gasteiger charge is 2.33. The molecule has 5 N–H and O–H groups in total. The maximum Gasteiger partial charge on any atom is 0.337 e. The average Bonchev–Trinajstić information content (AvgIpc) is 2.67. The van der Waals surface area contributed by atoms with Crippen molar-refractivity contribution >= 4 is 47.5 Å². The molecule has 0 aliphatic carbocycles. The van der Waals surface area contributed by atoms with Crippen LogP contribution in [0.2, 0.25) is 0 Å². The zero-order valence-electron chi connectivity index (χ0n) is 10.8. The molecular formula is C12H13ClN4O4. The van der Waals surface area contributed by atoms with Gasteiger partial charge in [-0.25, -0.2) is 14.7 Å². The fraction of sp³-hybridized carbons (Fsp3) is 0.167. The average molecular weight is 313 g/mol. The minimum absolute atomic E-state index is 0. The van der Waals surface area contributed by atoms with Crippen molar-refractivity contribution in [3.63, 3.8) is 0 Å². The highest BCUT2D eigenvalue weighted by Crippen LogP contribution is 2.30. The van der Waals surface area contributed by atoms with Crippen molar-refractivity contribution in [2.24, 2.45) is 16.5 Å². The minimum Gasteiger partial charge on any atom is -0.478 e. The van der Waals surface area contributed by atoms with Crippen LogP contribution in [-0.4, -0.2) is 28.8 Å². The summed E-state index contributed by atoms with van der Waals surface area (Å²) in [5, 5.41) is 9.14. The number of amides is 2. The van der Waals surface area contributed by atoms with E-state index in [9.17, 15) is 14.4 Å². The molecule has 1 aromatic carbocycles. The third-order valence-corrected chi connectivity index (χ3v) is 2.76. The van der Waals surface area contributed by atoms with E-state index >= 15 is 0 Å². The minimum atomic E-state index is -1.25. The highest BCUT2D eigenvalue weighted by atomic mass is 35.5. The number of aliphatic imine (C=N–C) groups is 1. The van der Waals surface area contributed by atoms with Gasteiger partial charge in [-0.2, -0.15) is 0 Å². The lowest BCUT2D eigenvalue weighted by Crippen LogP contribution is -2.30. The lowest BCUT2D eigenvalue weighted by Gasteiger charge is -2.16. The number of carboxylic acids is 1. The van der Waals surface area contributed by atoms with Crippen molar-refractivity contribution in [2.75, 3.05) is 4.90 Å². The Labute approximate surface area is 125 Å². The molecule has 0 radical (unpaired) electrons. The van der Waals surface area contributed by atoms with Gasteiger partial charge in [-0.3, -0.25) is 9.59 Å². The Kier molecular flexibility index (Phi) is 4.88. The first-order chi connectivity index (χ1) is 9.40. The van der Waals surface area contributed by atoms with Crippen molar-refractivity contribution in [3.05, 3.63) is 23.8 Å². The van der Waals surface area contributed by atoms with Crippen LogP contribution in [0.15, 0.2) is 23.2 Å². The molecule has 1 aliphatic heterocycles. The van der Waals surface area contributed by atoms with E-state index in [-0.39, 0.29) is 48.1 Å². The topological polar surface area (TPSA) is 139 Å². The monoisotopic (exact) mass is 312 g/mol. The van der Waals surface area contributed by atoms with Gasteiger partial charge in [0.25, 0.3) is 0 Å². The number of halogens is 1. The van der Waals surface area contributed by atoms with E-state index < -0.39 is 17.8 Å². The van der Waals surface area contributed by atoms with Crippen molar-refractivity contribution in [2.45, 2.75) is 12.8 Å². The Morgan fingerprint density at radius 3 is 2.24 bits per heavy atom. The number of imide groups is 1. The van der Waals surface area contributed by atoms with Crippen LogP contribution in [0.1, 0.15) is 23.2 Å². The maximum atomic E-state index is 11.7. The second-order valence-electron chi connectivity index (χ2n) is 4.17. The molecule has 1 fully saturated rings. The summed E-state index contributed by atoms with van der Waals surface area (Å²) >= 11 is 0. The van der Waals surface area contributed by atoms with Crippen LogP contribution in [-0.2, 0) is 9.59 Å². The zero-order valence-corrected chi connectivity index (χ0v) is 11.6. The van der Waals surface area contributed by atoms with Gasteiger partial charge >= 0.3 is 5.97 Å². The predicted molar refractivity (Wildman–Crippen MR) is 77.8 cm³/mol. The molecule has 0 unspecified atom stereocenters. The number of nitrogens with two attached hydrogens (primary N) is 2. The summed E-state index contributed by atoms with van der Waals surface area (Å²) < 4.78 is 0. The number of rotatable bonds is 3. The number of carbonyl (C=O) groups is 3. The molecule has 0 bridgehead atoms.